The number of benzene rings is 2. The van der Waals surface area contributed by atoms with Gasteiger partial charge in [0.15, 0.2) is 0 Å². The van der Waals surface area contributed by atoms with Crippen molar-refractivity contribution in [1.29, 1.82) is 0 Å². The first-order valence-electron chi connectivity index (χ1n) is 5.73. The zero-order valence-electron chi connectivity index (χ0n) is 10.3. The molecular formula is C14H18NO2+. The van der Waals surface area contributed by atoms with Crippen molar-refractivity contribution in [2.24, 2.45) is 0 Å². The van der Waals surface area contributed by atoms with E-state index < -0.39 is 0 Å². The molecule has 3 N–H and O–H groups in total. The molecule has 0 atom stereocenters. The van der Waals surface area contributed by atoms with Crippen LogP contribution in [0.15, 0.2) is 30.3 Å². The molecular weight excluding hydrogens is 214 g/mol. The summed E-state index contributed by atoms with van der Waals surface area (Å²) < 4.78 is 10.7. The Balaban J connectivity index is 2.67. The summed E-state index contributed by atoms with van der Waals surface area (Å²) in [6.45, 7) is 0.854. The highest BCUT2D eigenvalue weighted by molar-refractivity contribution is 5.89. The lowest BCUT2D eigenvalue weighted by molar-refractivity contribution is -0.366. The minimum atomic E-state index is 0.854. The third-order valence-corrected chi connectivity index (χ3v) is 2.94. The quantitative estimate of drug-likeness (QED) is 0.871. The lowest BCUT2D eigenvalue weighted by Gasteiger charge is -2.11. The van der Waals surface area contributed by atoms with Crippen LogP contribution in [0.25, 0.3) is 10.8 Å². The van der Waals surface area contributed by atoms with Gasteiger partial charge in [0.25, 0.3) is 0 Å². The van der Waals surface area contributed by atoms with E-state index in [1.54, 1.807) is 14.2 Å². The van der Waals surface area contributed by atoms with Gasteiger partial charge < -0.3 is 15.2 Å². The van der Waals surface area contributed by atoms with Crippen LogP contribution in [0, 0.1) is 0 Å². The van der Waals surface area contributed by atoms with E-state index >= 15 is 0 Å². The van der Waals surface area contributed by atoms with Crippen LogP contribution < -0.4 is 15.2 Å². The largest absolute Gasteiger partial charge is 0.497 e. The van der Waals surface area contributed by atoms with Gasteiger partial charge in [-0.2, -0.15) is 0 Å². The second-order valence-electron chi connectivity index (χ2n) is 3.94. The Morgan fingerprint density at radius 3 is 2.47 bits per heavy atom. The van der Waals surface area contributed by atoms with Crippen LogP contribution in [-0.2, 0) is 6.42 Å². The third-order valence-electron chi connectivity index (χ3n) is 2.94. The molecule has 3 nitrogen and oxygen atoms in total. The van der Waals surface area contributed by atoms with Crippen molar-refractivity contribution < 1.29 is 15.2 Å². The fraction of sp³-hybridized carbons (Fsp3) is 0.286. The Morgan fingerprint density at radius 1 is 1.06 bits per heavy atom. The van der Waals surface area contributed by atoms with Crippen LogP contribution >= 0.6 is 0 Å². The molecule has 0 aromatic heterocycles. The van der Waals surface area contributed by atoms with Gasteiger partial charge in [-0.05, 0) is 29.0 Å². The molecule has 0 radical (unpaired) electrons. The van der Waals surface area contributed by atoms with Gasteiger partial charge in [0.2, 0.25) is 0 Å². The van der Waals surface area contributed by atoms with E-state index in [-0.39, 0.29) is 0 Å². The SMILES string of the molecule is COc1ccc2ccc(OC)c(CC[NH3+])c2c1. The number of hydrogen-bond donors (Lipinski definition) is 1. The first-order valence-corrected chi connectivity index (χ1v) is 5.73. The Morgan fingerprint density at radius 2 is 1.82 bits per heavy atom. The van der Waals surface area contributed by atoms with Gasteiger partial charge in [0.05, 0.1) is 20.8 Å². The van der Waals surface area contributed by atoms with Crippen molar-refractivity contribution in [2.45, 2.75) is 6.42 Å². The molecule has 0 aliphatic heterocycles. The second-order valence-corrected chi connectivity index (χ2v) is 3.94. The molecule has 2 aromatic rings. The van der Waals surface area contributed by atoms with Crippen molar-refractivity contribution in [1.82, 2.24) is 0 Å². The Bertz CT molecular complexity index is 518. The topological polar surface area (TPSA) is 46.1 Å². The molecule has 0 heterocycles. The summed E-state index contributed by atoms with van der Waals surface area (Å²) in [6, 6.07) is 10.2. The van der Waals surface area contributed by atoms with Crippen LogP contribution in [0.5, 0.6) is 11.5 Å². The predicted molar refractivity (Wildman–Crippen MR) is 68.5 cm³/mol. The highest BCUT2D eigenvalue weighted by Crippen LogP contribution is 2.30. The number of fused-ring (bicyclic) bond motifs is 1. The summed E-state index contributed by atoms with van der Waals surface area (Å²) in [7, 11) is 3.39. The Kier molecular flexibility index (Phi) is 3.49. The van der Waals surface area contributed by atoms with E-state index in [0.717, 1.165) is 24.5 Å². The maximum absolute atomic E-state index is 5.41. The fourth-order valence-electron chi connectivity index (χ4n) is 2.09. The molecule has 90 valence electrons. The summed E-state index contributed by atoms with van der Waals surface area (Å²) >= 11 is 0. The van der Waals surface area contributed by atoms with Crippen molar-refractivity contribution in [3.05, 3.63) is 35.9 Å². The minimum absolute atomic E-state index is 0.854. The first kappa shape index (κ1) is 11.7. The summed E-state index contributed by atoms with van der Waals surface area (Å²) in [5, 5.41) is 2.39. The van der Waals surface area contributed by atoms with E-state index in [1.807, 2.05) is 12.1 Å². The predicted octanol–water partition coefficient (Wildman–Crippen LogP) is 1.64. The zero-order valence-corrected chi connectivity index (χ0v) is 10.3. The van der Waals surface area contributed by atoms with Crippen molar-refractivity contribution in [2.75, 3.05) is 20.8 Å². The van der Waals surface area contributed by atoms with Crippen LogP contribution in [-0.4, -0.2) is 20.8 Å². The van der Waals surface area contributed by atoms with Gasteiger partial charge in [-0.3, -0.25) is 0 Å². The Hall–Kier alpha value is -1.74. The molecule has 0 saturated heterocycles. The molecule has 3 heteroatoms. The van der Waals surface area contributed by atoms with E-state index in [0.29, 0.717) is 0 Å². The Labute approximate surface area is 101 Å². The number of quaternary nitrogens is 1. The molecule has 0 amide bonds. The monoisotopic (exact) mass is 232 g/mol. The normalized spacial score (nSPS) is 10.5. The van der Waals surface area contributed by atoms with E-state index in [9.17, 15) is 0 Å². The number of rotatable bonds is 4. The molecule has 0 saturated carbocycles. The zero-order chi connectivity index (χ0) is 12.3. The van der Waals surface area contributed by atoms with Crippen LogP contribution in [0.1, 0.15) is 5.56 Å². The summed E-state index contributed by atoms with van der Waals surface area (Å²) in [4.78, 5) is 0. The maximum Gasteiger partial charge on any atom is 0.122 e. The fourth-order valence-corrected chi connectivity index (χ4v) is 2.09. The van der Waals surface area contributed by atoms with E-state index in [2.05, 4.69) is 23.9 Å². The number of hydrogen-bond acceptors (Lipinski definition) is 2. The molecule has 2 aromatic carbocycles. The summed E-state index contributed by atoms with van der Waals surface area (Å²) in [5.41, 5.74) is 5.13. The number of ether oxygens (including phenoxy) is 2. The molecule has 0 aliphatic rings. The third kappa shape index (κ3) is 2.19. The van der Waals surface area contributed by atoms with E-state index in [4.69, 9.17) is 9.47 Å². The molecule has 2 rings (SSSR count). The van der Waals surface area contributed by atoms with Gasteiger partial charge in [-0.25, -0.2) is 0 Å². The summed E-state index contributed by atoms with van der Waals surface area (Å²) in [5.74, 6) is 1.80. The van der Waals surface area contributed by atoms with Crippen molar-refractivity contribution in [3.8, 4) is 11.5 Å². The molecule has 17 heavy (non-hydrogen) atoms. The lowest BCUT2D eigenvalue weighted by Crippen LogP contribution is -2.51. The maximum atomic E-state index is 5.41. The molecule has 0 fully saturated rings. The second kappa shape index (κ2) is 5.06. The molecule has 0 aliphatic carbocycles. The molecule has 0 unspecified atom stereocenters. The van der Waals surface area contributed by atoms with Gasteiger partial charge in [-0.1, -0.05) is 12.1 Å². The van der Waals surface area contributed by atoms with Gasteiger partial charge in [0.1, 0.15) is 11.5 Å². The smallest absolute Gasteiger partial charge is 0.122 e. The van der Waals surface area contributed by atoms with Crippen LogP contribution in [0.4, 0.5) is 0 Å². The van der Waals surface area contributed by atoms with Crippen molar-refractivity contribution in [3.63, 3.8) is 0 Å². The van der Waals surface area contributed by atoms with Crippen molar-refractivity contribution >= 4 is 10.8 Å². The van der Waals surface area contributed by atoms with Gasteiger partial charge >= 0.3 is 0 Å². The minimum Gasteiger partial charge on any atom is -0.497 e. The highest BCUT2D eigenvalue weighted by atomic mass is 16.5. The average molecular weight is 232 g/mol. The lowest BCUT2D eigenvalue weighted by atomic mass is 10.0. The molecule has 0 spiro atoms. The van der Waals surface area contributed by atoms with E-state index in [1.165, 1.54) is 16.3 Å². The van der Waals surface area contributed by atoms with Gasteiger partial charge in [-0.15, -0.1) is 0 Å². The van der Waals surface area contributed by atoms with Crippen LogP contribution in [0.3, 0.4) is 0 Å². The standard InChI is InChI=1S/C14H17NO2/c1-16-11-5-3-10-4-6-14(17-2)12(7-8-15)13(10)9-11/h3-6,9H,7-8,15H2,1-2H3/p+1. The van der Waals surface area contributed by atoms with Gasteiger partial charge in [0, 0.05) is 12.0 Å². The molecule has 0 bridgehead atoms. The summed E-state index contributed by atoms with van der Waals surface area (Å²) in [6.07, 6.45) is 0.910. The first-order chi connectivity index (χ1) is 8.30. The highest BCUT2D eigenvalue weighted by Gasteiger charge is 2.09. The average Bonchev–Trinajstić information content (AvgIpc) is 2.39. The van der Waals surface area contributed by atoms with Crippen LogP contribution in [0.2, 0.25) is 0 Å². The number of methoxy groups -OCH3 is 2.